The van der Waals surface area contributed by atoms with Crippen LogP contribution in [0.3, 0.4) is 0 Å². The Hall–Kier alpha value is -0.830. The summed E-state index contributed by atoms with van der Waals surface area (Å²) in [5, 5.41) is 11.8. The summed E-state index contributed by atoms with van der Waals surface area (Å²) >= 11 is 0. The van der Waals surface area contributed by atoms with Crippen molar-refractivity contribution < 1.29 is 9.90 Å². The Labute approximate surface area is 72.5 Å². The predicted octanol–water partition coefficient (Wildman–Crippen LogP) is 1.02. The van der Waals surface area contributed by atoms with Gasteiger partial charge in [-0.2, -0.15) is 0 Å². The Morgan fingerprint density at radius 3 is 2.75 bits per heavy atom. The first-order chi connectivity index (χ1) is 5.70. The maximum Gasteiger partial charge on any atom is 0.307 e. The van der Waals surface area contributed by atoms with Crippen molar-refractivity contribution in [2.45, 2.75) is 25.8 Å². The smallest absolute Gasteiger partial charge is 0.307 e. The van der Waals surface area contributed by atoms with Crippen LogP contribution in [-0.4, -0.2) is 23.7 Å². The molecule has 0 saturated heterocycles. The molecule has 68 valence electrons. The monoisotopic (exact) mass is 169 g/mol. The van der Waals surface area contributed by atoms with Gasteiger partial charge in [0.2, 0.25) is 0 Å². The highest BCUT2D eigenvalue weighted by Gasteiger charge is 2.14. The van der Waals surface area contributed by atoms with Crippen LogP contribution in [0, 0.1) is 5.92 Å². The van der Waals surface area contributed by atoms with Crippen molar-refractivity contribution in [3.8, 4) is 0 Å². The SMILES string of the molecule is CC(CNC1CC=CC1)C(=O)O. The summed E-state index contributed by atoms with van der Waals surface area (Å²) in [6.45, 7) is 2.29. The largest absolute Gasteiger partial charge is 0.481 e. The zero-order valence-corrected chi connectivity index (χ0v) is 7.29. The molecule has 0 saturated carbocycles. The average molecular weight is 169 g/mol. The van der Waals surface area contributed by atoms with Crippen molar-refractivity contribution in [1.82, 2.24) is 5.32 Å². The lowest BCUT2D eigenvalue weighted by molar-refractivity contribution is -0.140. The van der Waals surface area contributed by atoms with Crippen molar-refractivity contribution in [3.63, 3.8) is 0 Å². The second kappa shape index (κ2) is 4.26. The number of carboxylic acids is 1. The van der Waals surface area contributed by atoms with Crippen LogP contribution in [-0.2, 0) is 4.79 Å². The molecule has 0 aromatic rings. The fraction of sp³-hybridized carbons (Fsp3) is 0.667. The highest BCUT2D eigenvalue weighted by molar-refractivity contribution is 5.69. The third kappa shape index (κ3) is 2.66. The molecule has 3 heteroatoms. The Balaban J connectivity index is 2.12. The fourth-order valence-corrected chi connectivity index (χ4v) is 1.21. The number of carbonyl (C=O) groups is 1. The third-order valence-corrected chi connectivity index (χ3v) is 2.14. The maximum absolute atomic E-state index is 10.4. The first-order valence-corrected chi connectivity index (χ1v) is 4.31. The summed E-state index contributed by atoms with van der Waals surface area (Å²) in [4.78, 5) is 10.4. The van der Waals surface area contributed by atoms with Gasteiger partial charge < -0.3 is 10.4 Å². The molecule has 1 aliphatic carbocycles. The molecule has 1 unspecified atom stereocenters. The van der Waals surface area contributed by atoms with Gasteiger partial charge in [-0.3, -0.25) is 4.79 Å². The van der Waals surface area contributed by atoms with E-state index in [0.717, 1.165) is 12.8 Å². The van der Waals surface area contributed by atoms with Gasteiger partial charge in [-0.15, -0.1) is 0 Å². The normalized spacial score (nSPS) is 19.8. The number of rotatable bonds is 4. The van der Waals surface area contributed by atoms with E-state index in [0.29, 0.717) is 12.6 Å². The second-order valence-electron chi connectivity index (χ2n) is 3.29. The van der Waals surface area contributed by atoms with E-state index in [2.05, 4.69) is 17.5 Å². The molecule has 0 bridgehead atoms. The summed E-state index contributed by atoms with van der Waals surface area (Å²) in [6, 6.07) is 0.465. The molecule has 3 nitrogen and oxygen atoms in total. The summed E-state index contributed by atoms with van der Waals surface area (Å²) in [5.74, 6) is -1.01. The molecule has 0 heterocycles. The van der Waals surface area contributed by atoms with E-state index in [-0.39, 0.29) is 5.92 Å². The molecule has 2 N–H and O–H groups in total. The molecule has 0 amide bonds. The van der Waals surface area contributed by atoms with Gasteiger partial charge in [0.25, 0.3) is 0 Å². The van der Waals surface area contributed by atoms with E-state index >= 15 is 0 Å². The number of hydrogen-bond donors (Lipinski definition) is 2. The topological polar surface area (TPSA) is 49.3 Å². The molecule has 0 radical (unpaired) electrons. The minimum absolute atomic E-state index is 0.286. The molecule has 0 spiro atoms. The zero-order chi connectivity index (χ0) is 8.97. The van der Waals surface area contributed by atoms with Gasteiger partial charge >= 0.3 is 5.97 Å². The van der Waals surface area contributed by atoms with E-state index in [1.165, 1.54) is 0 Å². The van der Waals surface area contributed by atoms with Gasteiger partial charge in [0, 0.05) is 12.6 Å². The number of aliphatic carboxylic acids is 1. The Kier molecular flexibility index (Phi) is 3.29. The number of carboxylic acid groups (broad SMARTS) is 1. The first-order valence-electron chi connectivity index (χ1n) is 4.31. The van der Waals surface area contributed by atoms with Crippen LogP contribution in [0.5, 0.6) is 0 Å². The molecule has 1 rings (SSSR count). The van der Waals surface area contributed by atoms with E-state index in [9.17, 15) is 4.79 Å². The van der Waals surface area contributed by atoms with Crippen molar-refractivity contribution in [3.05, 3.63) is 12.2 Å². The highest BCUT2D eigenvalue weighted by Crippen LogP contribution is 2.09. The van der Waals surface area contributed by atoms with E-state index in [4.69, 9.17) is 5.11 Å². The highest BCUT2D eigenvalue weighted by atomic mass is 16.4. The Morgan fingerprint density at radius 2 is 2.25 bits per heavy atom. The Bertz CT molecular complexity index is 181. The van der Waals surface area contributed by atoms with Gasteiger partial charge in [-0.1, -0.05) is 19.1 Å². The van der Waals surface area contributed by atoms with Crippen LogP contribution >= 0.6 is 0 Å². The number of nitrogens with one attached hydrogen (secondary N) is 1. The van der Waals surface area contributed by atoms with Crippen LogP contribution in [0.2, 0.25) is 0 Å². The van der Waals surface area contributed by atoms with Crippen LogP contribution in [0.15, 0.2) is 12.2 Å². The molecular weight excluding hydrogens is 154 g/mol. The van der Waals surface area contributed by atoms with Gasteiger partial charge in [0.15, 0.2) is 0 Å². The maximum atomic E-state index is 10.4. The lowest BCUT2D eigenvalue weighted by atomic mass is 10.1. The molecule has 1 aliphatic rings. The molecule has 12 heavy (non-hydrogen) atoms. The van der Waals surface area contributed by atoms with Gasteiger partial charge in [-0.05, 0) is 12.8 Å². The molecule has 0 aromatic carbocycles. The fourth-order valence-electron chi connectivity index (χ4n) is 1.21. The quantitative estimate of drug-likeness (QED) is 0.618. The first kappa shape index (κ1) is 9.26. The lowest BCUT2D eigenvalue weighted by Crippen LogP contribution is -2.33. The third-order valence-electron chi connectivity index (χ3n) is 2.14. The molecular formula is C9H15NO2. The van der Waals surface area contributed by atoms with Crippen molar-refractivity contribution in [2.75, 3.05) is 6.54 Å². The van der Waals surface area contributed by atoms with Gasteiger partial charge in [0.05, 0.1) is 5.92 Å². The predicted molar refractivity (Wildman–Crippen MR) is 47.0 cm³/mol. The van der Waals surface area contributed by atoms with E-state index in [1.54, 1.807) is 6.92 Å². The van der Waals surface area contributed by atoms with Crippen molar-refractivity contribution in [1.29, 1.82) is 0 Å². The van der Waals surface area contributed by atoms with Gasteiger partial charge in [-0.25, -0.2) is 0 Å². The summed E-state index contributed by atoms with van der Waals surface area (Å²) in [7, 11) is 0. The summed E-state index contributed by atoms with van der Waals surface area (Å²) in [6.07, 6.45) is 6.32. The van der Waals surface area contributed by atoms with Crippen LogP contribution < -0.4 is 5.32 Å². The standard InChI is InChI=1S/C9H15NO2/c1-7(9(11)12)6-10-8-4-2-3-5-8/h2-3,7-8,10H,4-6H2,1H3,(H,11,12). The number of hydrogen-bond acceptors (Lipinski definition) is 2. The Morgan fingerprint density at radius 1 is 1.67 bits per heavy atom. The minimum Gasteiger partial charge on any atom is -0.481 e. The molecule has 0 aliphatic heterocycles. The summed E-state index contributed by atoms with van der Waals surface area (Å²) in [5.41, 5.74) is 0. The van der Waals surface area contributed by atoms with Crippen molar-refractivity contribution >= 4 is 5.97 Å². The minimum atomic E-state index is -0.728. The molecule has 1 atom stereocenters. The van der Waals surface area contributed by atoms with Gasteiger partial charge in [0.1, 0.15) is 0 Å². The lowest BCUT2D eigenvalue weighted by Gasteiger charge is -2.13. The molecule has 0 fully saturated rings. The summed E-state index contributed by atoms with van der Waals surface area (Å²) < 4.78 is 0. The van der Waals surface area contributed by atoms with Crippen LogP contribution in [0.1, 0.15) is 19.8 Å². The van der Waals surface area contributed by atoms with Crippen LogP contribution in [0.4, 0.5) is 0 Å². The second-order valence-corrected chi connectivity index (χ2v) is 3.29. The van der Waals surface area contributed by atoms with Crippen molar-refractivity contribution in [2.24, 2.45) is 5.92 Å². The van der Waals surface area contributed by atoms with Crippen LogP contribution in [0.25, 0.3) is 0 Å². The molecule has 0 aromatic heterocycles. The zero-order valence-electron chi connectivity index (χ0n) is 7.29. The van der Waals surface area contributed by atoms with E-state index < -0.39 is 5.97 Å². The average Bonchev–Trinajstić information content (AvgIpc) is 2.51. The van der Waals surface area contributed by atoms with E-state index in [1.807, 2.05) is 0 Å².